The average Bonchev–Trinajstić information content (AvgIpc) is 3.42. The number of likely N-dealkylation sites (tertiary alicyclic amines) is 2. The maximum atomic E-state index is 13.2. The van der Waals surface area contributed by atoms with Gasteiger partial charge in [-0.2, -0.15) is 5.26 Å². The van der Waals surface area contributed by atoms with Gasteiger partial charge in [-0.1, -0.05) is 18.9 Å². The van der Waals surface area contributed by atoms with Crippen molar-refractivity contribution >= 4 is 5.91 Å². The van der Waals surface area contributed by atoms with Gasteiger partial charge >= 0.3 is 0 Å². The number of rotatable bonds is 5. The van der Waals surface area contributed by atoms with Crippen LogP contribution in [0.4, 0.5) is 0 Å². The fourth-order valence-electron chi connectivity index (χ4n) is 5.51. The first-order valence-corrected chi connectivity index (χ1v) is 10.4. The molecular weight excluding hydrogens is 352 g/mol. The van der Waals surface area contributed by atoms with Gasteiger partial charge in [-0.3, -0.25) is 9.78 Å². The number of hydrogen-bond acceptors (Lipinski definition) is 5. The van der Waals surface area contributed by atoms with E-state index in [9.17, 15) is 10.1 Å². The summed E-state index contributed by atoms with van der Waals surface area (Å²) in [5.74, 6) is 0.479. The highest BCUT2D eigenvalue weighted by Crippen LogP contribution is 2.46. The van der Waals surface area contributed by atoms with Gasteiger partial charge in [-0.15, -0.1) is 0 Å². The van der Waals surface area contributed by atoms with Crippen LogP contribution in [0.5, 0.6) is 0 Å². The molecule has 0 aromatic carbocycles. The summed E-state index contributed by atoms with van der Waals surface area (Å²) in [6, 6.07) is 8.24. The molecule has 2 saturated heterocycles. The second-order valence-corrected chi connectivity index (χ2v) is 8.97. The molecule has 1 saturated carbocycles. The molecule has 6 heteroatoms. The SMILES string of the molecule is CN1C[C@@H](COCc2ccccn2)[C@]2(CCN(C(=O)C3(C#N)CCCC3)C2)C1. The lowest BCUT2D eigenvalue weighted by Crippen LogP contribution is -2.43. The van der Waals surface area contributed by atoms with Gasteiger partial charge in [-0.05, 0) is 38.4 Å². The van der Waals surface area contributed by atoms with Crippen molar-refractivity contribution in [1.29, 1.82) is 5.26 Å². The summed E-state index contributed by atoms with van der Waals surface area (Å²) < 4.78 is 6.03. The van der Waals surface area contributed by atoms with Gasteiger partial charge in [0.1, 0.15) is 5.41 Å². The van der Waals surface area contributed by atoms with Gasteiger partial charge in [-0.25, -0.2) is 0 Å². The third-order valence-electron chi connectivity index (χ3n) is 7.03. The predicted molar refractivity (Wildman–Crippen MR) is 105 cm³/mol. The van der Waals surface area contributed by atoms with E-state index in [2.05, 4.69) is 23.0 Å². The fraction of sp³-hybridized carbons (Fsp3) is 0.682. The normalized spacial score (nSPS) is 29.4. The zero-order valence-corrected chi connectivity index (χ0v) is 16.8. The minimum Gasteiger partial charge on any atom is -0.375 e. The summed E-state index contributed by atoms with van der Waals surface area (Å²) in [6.07, 6.45) is 6.22. The molecule has 2 atom stereocenters. The van der Waals surface area contributed by atoms with Crippen molar-refractivity contribution in [3.05, 3.63) is 30.1 Å². The molecule has 0 radical (unpaired) electrons. The monoisotopic (exact) mass is 382 g/mol. The first-order chi connectivity index (χ1) is 13.6. The molecule has 3 aliphatic rings. The van der Waals surface area contributed by atoms with Gasteiger partial charge < -0.3 is 14.5 Å². The van der Waals surface area contributed by atoms with E-state index in [1.54, 1.807) is 6.20 Å². The number of amides is 1. The predicted octanol–water partition coefficient (Wildman–Crippen LogP) is 2.46. The van der Waals surface area contributed by atoms with E-state index in [4.69, 9.17) is 4.74 Å². The zero-order valence-electron chi connectivity index (χ0n) is 16.8. The Balaban J connectivity index is 1.40. The van der Waals surface area contributed by atoms with Gasteiger partial charge in [0.2, 0.25) is 5.91 Å². The molecule has 1 aliphatic carbocycles. The molecule has 1 aromatic rings. The molecule has 150 valence electrons. The second-order valence-electron chi connectivity index (χ2n) is 8.97. The van der Waals surface area contributed by atoms with E-state index in [-0.39, 0.29) is 11.3 Å². The number of aromatic nitrogens is 1. The highest BCUT2D eigenvalue weighted by molar-refractivity contribution is 5.86. The summed E-state index contributed by atoms with van der Waals surface area (Å²) >= 11 is 0. The molecule has 3 fully saturated rings. The van der Waals surface area contributed by atoms with Gasteiger partial charge in [0, 0.05) is 43.7 Å². The van der Waals surface area contributed by atoms with Crippen molar-refractivity contribution in [3.8, 4) is 6.07 Å². The van der Waals surface area contributed by atoms with Crippen LogP contribution >= 0.6 is 0 Å². The zero-order chi connectivity index (χ0) is 19.6. The van der Waals surface area contributed by atoms with Crippen LogP contribution in [0.2, 0.25) is 0 Å². The largest absolute Gasteiger partial charge is 0.375 e. The summed E-state index contributed by atoms with van der Waals surface area (Å²) in [7, 11) is 2.15. The van der Waals surface area contributed by atoms with Crippen LogP contribution in [0.3, 0.4) is 0 Å². The van der Waals surface area contributed by atoms with Crippen LogP contribution in [0.1, 0.15) is 37.8 Å². The third-order valence-corrected chi connectivity index (χ3v) is 7.03. The molecule has 1 aromatic heterocycles. The minimum atomic E-state index is -0.763. The average molecular weight is 383 g/mol. The van der Waals surface area contributed by atoms with Crippen LogP contribution in [0, 0.1) is 28.1 Å². The first-order valence-electron chi connectivity index (χ1n) is 10.4. The molecule has 28 heavy (non-hydrogen) atoms. The summed E-state index contributed by atoms with van der Waals surface area (Å²) in [5.41, 5.74) is 0.272. The maximum Gasteiger partial charge on any atom is 0.243 e. The van der Waals surface area contributed by atoms with E-state index >= 15 is 0 Å². The minimum absolute atomic E-state index is 0.0760. The number of ether oxygens (including phenoxy) is 1. The van der Waals surface area contributed by atoms with E-state index in [1.165, 1.54) is 0 Å². The highest BCUT2D eigenvalue weighted by Gasteiger charge is 2.53. The van der Waals surface area contributed by atoms with Crippen molar-refractivity contribution in [2.45, 2.75) is 38.7 Å². The molecule has 0 bridgehead atoms. The van der Waals surface area contributed by atoms with Crippen molar-refractivity contribution in [1.82, 2.24) is 14.8 Å². The number of carbonyl (C=O) groups is 1. The van der Waals surface area contributed by atoms with E-state index < -0.39 is 5.41 Å². The molecule has 1 spiro atoms. The number of carbonyl (C=O) groups excluding carboxylic acids is 1. The number of hydrogen-bond donors (Lipinski definition) is 0. The van der Waals surface area contributed by atoms with Gasteiger partial charge in [0.25, 0.3) is 0 Å². The number of nitrogens with zero attached hydrogens (tertiary/aromatic N) is 4. The van der Waals surface area contributed by atoms with Crippen LogP contribution in [0.25, 0.3) is 0 Å². The lowest BCUT2D eigenvalue weighted by molar-refractivity contribution is -0.138. The summed E-state index contributed by atoms with van der Waals surface area (Å²) in [4.78, 5) is 21.8. The van der Waals surface area contributed by atoms with Crippen molar-refractivity contribution in [2.75, 3.05) is 39.8 Å². The Bertz CT molecular complexity index is 741. The van der Waals surface area contributed by atoms with Gasteiger partial charge in [0.05, 0.1) is 25.0 Å². The standard InChI is InChI=1S/C22H30N4O2/c1-25-12-18(13-28-14-19-6-2-5-10-24-19)22(16-25)9-11-26(17-22)20(27)21(15-23)7-3-4-8-21/h2,5-6,10,18H,3-4,7-9,11-14,16-17H2,1H3/t18-,22+/m0/s1. The van der Waals surface area contributed by atoms with E-state index in [0.717, 1.165) is 64.0 Å². The quantitative estimate of drug-likeness (QED) is 0.782. The van der Waals surface area contributed by atoms with E-state index in [1.807, 2.05) is 23.1 Å². The maximum absolute atomic E-state index is 13.2. The lowest BCUT2D eigenvalue weighted by Gasteiger charge is -2.32. The first kappa shape index (κ1) is 19.4. The Morgan fingerprint density at radius 1 is 1.32 bits per heavy atom. The smallest absolute Gasteiger partial charge is 0.243 e. The number of pyridine rings is 1. The van der Waals surface area contributed by atoms with Crippen molar-refractivity contribution in [2.24, 2.45) is 16.7 Å². The molecule has 0 N–H and O–H groups in total. The Morgan fingerprint density at radius 2 is 2.14 bits per heavy atom. The highest BCUT2D eigenvalue weighted by atomic mass is 16.5. The fourth-order valence-corrected chi connectivity index (χ4v) is 5.51. The third kappa shape index (κ3) is 3.54. The Morgan fingerprint density at radius 3 is 2.86 bits per heavy atom. The molecule has 0 unspecified atom stereocenters. The Labute approximate surface area is 167 Å². The molecule has 1 amide bonds. The molecule has 6 nitrogen and oxygen atoms in total. The van der Waals surface area contributed by atoms with Crippen LogP contribution < -0.4 is 0 Å². The molecule has 4 rings (SSSR count). The van der Waals surface area contributed by atoms with Crippen LogP contribution in [0.15, 0.2) is 24.4 Å². The van der Waals surface area contributed by atoms with Crippen LogP contribution in [-0.4, -0.2) is 60.5 Å². The molecule has 3 heterocycles. The van der Waals surface area contributed by atoms with Crippen LogP contribution in [-0.2, 0) is 16.1 Å². The summed E-state index contributed by atoms with van der Waals surface area (Å²) in [6.45, 7) is 4.73. The molecular formula is C22H30N4O2. The second kappa shape index (κ2) is 7.81. The number of nitriles is 1. The topological polar surface area (TPSA) is 69.5 Å². The summed E-state index contributed by atoms with van der Waals surface area (Å²) in [5, 5.41) is 9.69. The van der Waals surface area contributed by atoms with E-state index in [0.29, 0.717) is 19.1 Å². The van der Waals surface area contributed by atoms with Crippen molar-refractivity contribution in [3.63, 3.8) is 0 Å². The Hall–Kier alpha value is -1.97. The lowest BCUT2D eigenvalue weighted by atomic mass is 9.77. The van der Waals surface area contributed by atoms with Crippen molar-refractivity contribution < 1.29 is 9.53 Å². The van der Waals surface area contributed by atoms with Gasteiger partial charge in [0.15, 0.2) is 0 Å². The Kier molecular flexibility index (Phi) is 5.39. The molecule has 2 aliphatic heterocycles.